The van der Waals surface area contributed by atoms with Crippen LogP contribution in [0.5, 0.6) is 0 Å². The zero-order valence-corrected chi connectivity index (χ0v) is 26.0. The topological polar surface area (TPSA) is 165 Å². The first-order chi connectivity index (χ1) is 17.2. The van der Waals surface area contributed by atoms with Crippen LogP contribution in [-0.4, -0.2) is 99.4 Å². The minimum Gasteiger partial charge on any atom is -0.393 e. The van der Waals surface area contributed by atoms with Gasteiger partial charge in [-0.05, 0) is 97.7 Å². The molecule has 1 radical (unpaired) electrons. The SMILES string of the molecule is C[C@H](CCC(=O)N(CCS(=O)(=O)O)N=O)[C@H]1CC[C@H]2[C@@H]3[C@H](O)C[C@@H]4C[C@H](O)CC[C@]4(C)[C@H]3C[C@H](O)[C@]12C.[Na]. The number of nitroso groups, excluding NO2 is 1. The smallest absolute Gasteiger partial charge is 0.266 e. The molecule has 4 saturated carbocycles. The summed E-state index contributed by atoms with van der Waals surface area (Å²) in [6.07, 6.45) is 4.75. The van der Waals surface area contributed by atoms with Gasteiger partial charge in [0.25, 0.3) is 10.1 Å². The minimum atomic E-state index is -4.32. The molecule has 0 heterocycles. The molecule has 0 aromatic heterocycles. The molecule has 12 heteroatoms. The van der Waals surface area contributed by atoms with E-state index in [1.807, 2.05) is 0 Å². The van der Waals surface area contributed by atoms with E-state index in [0.717, 1.165) is 32.1 Å². The van der Waals surface area contributed by atoms with Gasteiger partial charge in [0.2, 0.25) is 5.91 Å². The Morgan fingerprint density at radius 2 is 1.76 bits per heavy atom. The Kier molecular flexibility index (Phi) is 10.2. The molecule has 10 nitrogen and oxygen atoms in total. The van der Waals surface area contributed by atoms with Gasteiger partial charge in [-0.25, -0.2) is 0 Å². The molecule has 4 aliphatic rings. The molecular formula is C26H44N2NaO8S. The van der Waals surface area contributed by atoms with E-state index in [4.69, 9.17) is 4.55 Å². The van der Waals surface area contributed by atoms with Crippen LogP contribution in [0, 0.1) is 51.2 Å². The standard InChI is InChI=1S/C26H44N2O8S.Na/c1-15(4-7-23(32)28(27-33)10-11-37(34,35)36)18-5-6-19-24-20(14-22(31)26(18,19)3)25(2)9-8-17(29)12-16(25)13-21(24)30;/h15-22,24,29-31H,4-14H2,1-3H3,(H,34,35,36);/t15-,16+,17-,18-,19+,20+,21-,22+,24+,25+,26-;/m1./s1. The van der Waals surface area contributed by atoms with E-state index in [9.17, 15) is 33.4 Å². The van der Waals surface area contributed by atoms with Crippen molar-refractivity contribution >= 4 is 45.6 Å². The van der Waals surface area contributed by atoms with Gasteiger partial charge in [0.05, 0.1) is 35.9 Å². The first kappa shape index (κ1) is 32.4. The van der Waals surface area contributed by atoms with Crippen molar-refractivity contribution in [2.75, 3.05) is 12.3 Å². The van der Waals surface area contributed by atoms with Crippen molar-refractivity contribution in [1.29, 1.82) is 0 Å². The van der Waals surface area contributed by atoms with Crippen molar-refractivity contribution in [3.05, 3.63) is 4.91 Å². The van der Waals surface area contributed by atoms with Crippen molar-refractivity contribution in [2.24, 2.45) is 51.6 Å². The van der Waals surface area contributed by atoms with E-state index >= 15 is 0 Å². The van der Waals surface area contributed by atoms with Crippen molar-refractivity contribution in [2.45, 2.75) is 96.9 Å². The number of aliphatic hydroxyl groups is 3. The van der Waals surface area contributed by atoms with Gasteiger partial charge in [-0.15, -0.1) is 4.91 Å². The Morgan fingerprint density at radius 3 is 2.39 bits per heavy atom. The van der Waals surface area contributed by atoms with Gasteiger partial charge >= 0.3 is 0 Å². The Bertz CT molecular complexity index is 984. The van der Waals surface area contributed by atoms with Gasteiger partial charge in [0.15, 0.2) is 0 Å². The maximum Gasteiger partial charge on any atom is 0.266 e. The van der Waals surface area contributed by atoms with E-state index in [2.05, 4.69) is 26.1 Å². The molecule has 11 atom stereocenters. The predicted molar refractivity (Wildman–Crippen MR) is 142 cm³/mol. The number of aliphatic hydroxyl groups excluding tert-OH is 3. The van der Waals surface area contributed by atoms with E-state index in [1.54, 1.807) is 0 Å². The Labute approximate surface area is 248 Å². The number of carbonyl (C=O) groups excluding carboxylic acids is 1. The van der Waals surface area contributed by atoms with Gasteiger partial charge < -0.3 is 15.3 Å². The normalized spacial score (nSPS) is 43.1. The van der Waals surface area contributed by atoms with E-state index in [0.29, 0.717) is 24.3 Å². The summed E-state index contributed by atoms with van der Waals surface area (Å²) in [5.74, 6) is -0.370. The average Bonchev–Trinajstić information content (AvgIpc) is 3.17. The Hall–Kier alpha value is -0.140. The monoisotopic (exact) mass is 567 g/mol. The second-order valence-electron chi connectivity index (χ2n) is 12.9. The number of hydrogen-bond donors (Lipinski definition) is 4. The van der Waals surface area contributed by atoms with Crippen molar-refractivity contribution in [1.82, 2.24) is 5.01 Å². The molecule has 4 N–H and O–H groups in total. The van der Waals surface area contributed by atoms with Crippen LogP contribution in [0.4, 0.5) is 0 Å². The molecule has 4 fully saturated rings. The summed E-state index contributed by atoms with van der Waals surface area (Å²) in [7, 11) is -4.32. The van der Waals surface area contributed by atoms with Gasteiger partial charge in [-0.1, -0.05) is 20.8 Å². The van der Waals surface area contributed by atoms with Gasteiger partial charge in [-0.2, -0.15) is 13.4 Å². The summed E-state index contributed by atoms with van der Waals surface area (Å²) in [6, 6.07) is 0. The van der Waals surface area contributed by atoms with Crippen LogP contribution in [0.15, 0.2) is 5.29 Å². The molecule has 4 aliphatic carbocycles. The van der Waals surface area contributed by atoms with E-state index < -0.39 is 45.9 Å². The summed E-state index contributed by atoms with van der Waals surface area (Å²) < 4.78 is 30.8. The second-order valence-corrected chi connectivity index (χ2v) is 14.5. The first-order valence-corrected chi connectivity index (χ1v) is 15.5. The quantitative estimate of drug-likeness (QED) is 0.150. The number of carbonyl (C=O) groups is 1. The van der Waals surface area contributed by atoms with Gasteiger partial charge in [0, 0.05) is 36.0 Å². The molecule has 0 aromatic carbocycles. The number of nitrogens with zero attached hydrogens (tertiary/aromatic N) is 2. The zero-order valence-electron chi connectivity index (χ0n) is 23.2. The molecule has 0 spiro atoms. The molecule has 0 aliphatic heterocycles. The van der Waals surface area contributed by atoms with Gasteiger partial charge in [-0.3, -0.25) is 9.35 Å². The molecular weight excluding hydrogens is 523 g/mol. The van der Waals surface area contributed by atoms with Crippen molar-refractivity contribution < 1.29 is 33.1 Å². The molecule has 0 unspecified atom stereocenters. The van der Waals surface area contributed by atoms with Crippen LogP contribution < -0.4 is 0 Å². The molecule has 0 aromatic rings. The summed E-state index contributed by atoms with van der Waals surface area (Å²) in [5.41, 5.74) is -0.384. The third-order valence-electron chi connectivity index (χ3n) is 11.3. The second kappa shape index (κ2) is 12.0. The van der Waals surface area contributed by atoms with Crippen molar-refractivity contribution in [3.63, 3.8) is 0 Å². The summed E-state index contributed by atoms with van der Waals surface area (Å²) in [4.78, 5) is 23.6. The number of hydrogen-bond acceptors (Lipinski definition) is 8. The van der Waals surface area contributed by atoms with Crippen molar-refractivity contribution in [3.8, 4) is 0 Å². The van der Waals surface area contributed by atoms with Crippen LogP contribution in [0.3, 0.4) is 0 Å². The van der Waals surface area contributed by atoms with Crippen LogP contribution in [0.1, 0.15) is 78.6 Å². The number of fused-ring (bicyclic) bond motifs is 5. The fraction of sp³-hybridized carbons (Fsp3) is 0.962. The van der Waals surface area contributed by atoms with Crippen LogP contribution in [0.25, 0.3) is 0 Å². The molecule has 0 bridgehead atoms. The predicted octanol–water partition coefficient (Wildman–Crippen LogP) is 2.38. The third kappa shape index (κ3) is 5.91. The summed E-state index contributed by atoms with van der Waals surface area (Å²) >= 11 is 0. The number of amides is 1. The Morgan fingerprint density at radius 1 is 1.08 bits per heavy atom. The maximum atomic E-state index is 12.5. The largest absolute Gasteiger partial charge is 0.393 e. The van der Waals surface area contributed by atoms with Crippen LogP contribution >= 0.6 is 0 Å². The molecule has 1 amide bonds. The van der Waals surface area contributed by atoms with E-state index in [-0.39, 0.29) is 83.0 Å². The fourth-order valence-corrected chi connectivity index (χ4v) is 9.63. The molecule has 38 heavy (non-hydrogen) atoms. The van der Waals surface area contributed by atoms with Crippen LogP contribution in [-0.2, 0) is 14.9 Å². The maximum absolute atomic E-state index is 12.5. The summed E-state index contributed by atoms with van der Waals surface area (Å²) in [6.45, 7) is 6.01. The molecule has 0 saturated heterocycles. The van der Waals surface area contributed by atoms with E-state index in [1.165, 1.54) is 0 Å². The van der Waals surface area contributed by atoms with Crippen LogP contribution in [0.2, 0.25) is 0 Å². The average molecular weight is 568 g/mol. The zero-order chi connectivity index (χ0) is 27.3. The third-order valence-corrected chi connectivity index (χ3v) is 12.0. The fourth-order valence-electron chi connectivity index (χ4n) is 9.23. The minimum absolute atomic E-state index is 0. The number of rotatable bonds is 8. The van der Waals surface area contributed by atoms with Gasteiger partial charge in [0.1, 0.15) is 0 Å². The molecule has 213 valence electrons. The summed E-state index contributed by atoms with van der Waals surface area (Å²) in [5, 5.41) is 36.5. The molecule has 4 rings (SSSR count). The Balaban J connectivity index is 0.00000400. The first-order valence-electron chi connectivity index (χ1n) is 13.8.